The summed E-state index contributed by atoms with van der Waals surface area (Å²) in [6.45, 7) is 7.60. The number of nitrogens with zero attached hydrogens (tertiary/aromatic N) is 1. The van der Waals surface area contributed by atoms with E-state index < -0.39 is 0 Å². The van der Waals surface area contributed by atoms with Gasteiger partial charge in [0.1, 0.15) is 0 Å². The summed E-state index contributed by atoms with van der Waals surface area (Å²) in [7, 11) is 0. The number of unbranched alkanes of at least 4 members (excludes halogenated alkanes) is 1. The van der Waals surface area contributed by atoms with Crippen molar-refractivity contribution in [3.63, 3.8) is 0 Å². The second kappa shape index (κ2) is 6.72. The zero-order valence-electron chi connectivity index (χ0n) is 11.2. The van der Waals surface area contributed by atoms with Crippen molar-refractivity contribution in [1.82, 2.24) is 4.90 Å². The molecule has 2 fully saturated rings. The quantitative estimate of drug-likeness (QED) is 0.720. The van der Waals surface area contributed by atoms with E-state index in [9.17, 15) is 0 Å². The lowest BCUT2D eigenvalue weighted by atomic mass is 9.78. The van der Waals surface area contributed by atoms with Crippen molar-refractivity contribution >= 4 is 0 Å². The third-order valence-electron chi connectivity index (χ3n) is 4.42. The molecule has 3 nitrogen and oxygen atoms in total. The molecule has 0 spiro atoms. The van der Waals surface area contributed by atoms with E-state index in [0.29, 0.717) is 6.04 Å². The number of hydrogen-bond acceptors (Lipinski definition) is 3. The lowest BCUT2D eigenvalue weighted by Gasteiger charge is -2.29. The van der Waals surface area contributed by atoms with Gasteiger partial charge in [-0.2, -0.15) is 0 Å². The third kappa shape index (κ3) is 3.67. The molecule has 0 aromatic rings. The molecule has 0 bridgehead atoms. The number of rotatable bonds is 6. The Balaban J connectivity index is 1.63. The second-order valence-electron chi connectivity index (χ2n) is 5.74. The van der Waals surface area contributed by atoms with E-state index in [2.05, 4.69) is 11.8 Å². The van der Waals surface area contributed by atoms with Crippen LogP contribution in [0.25, 0.3) is 0 Å². The zero-order chi connectivity index (χ0) is 12.1. The summed E-state index contributed by atoms with van der Waals surface area (Å²) in [6, 6.07) is 0.458. The molecule has 1 aliphatic carbocycles. The summed E-state index contributed by atoms with van der Waals surface area (Å²) < 4.78 is 5.64. The van der Waals surface area contributed by atoms with Crippen LogP contribution in [0.15, 0.2) is 0 Å². The Labute approximate surface area is 106 Å². The van der Waals surface area contributed by atoms with Crippen LogP contribution in [0.4, 0.5) is 0 Å². The Bertz CT molecular complexity index is 222. The summed E-state index contributed by atoms with van der Waals surface area (Å²) in [6.07, 6.45) is 6.38. The number of ether oxygens (including phenoxy) is 1. The molecular weight excluding hydrogens is 212 g/mol. The van der Waals surface area contributed by atoms with Gasteiger partial charge in [-0.05, 0) is 31.1 Å². The van der Waals surface area contributed by atoms with Crippen LogP contribution in [-0.4, -0.2) is 43.8 Å². The third-order valence-corrected chi connectivity index (χ3v) is 4.42. The molecule has 100 valence electrons. The van der Waals surface area contributed by atoms with Crippen LogP contribution in [-0.2, 0) is 4.74 Å². The van der Waals surface area contributed by atoms with E-state index in [-0.39, 0.29) is 0 Å². The Morgan fingerprint density at radius 3 is 2.88 bits per heavy atom. The topological polar surface area (TPSA) is 38.5 Å². The molecule has 0 aromatic heterocycles. The summed E-state index contributed by atoms with van der Waals surface area (Å²) >= 11 is 0. The van der Waals surface area contributed by atoms with Crippen LogP contribution in [0.5, 0.6) is 0 Å². The number of hydrogen-bond donors (Lipinski definition) is 1. The number of fused-ring (bicyclic) bond motifs is 1. The fourth-order valence-electron chi connectivity index (χ4n) is 3.33. The van der Waals surface area contributed by atoms with Gasteiger partial charge in [0.2, 0.25) is 0 Å². The van der Waals surface area contributed by atoms with Gasteiger partial charge in [0.05, 0.1) is 6.61 Å². The van der Waals surface area contributed by atoms with E-state index in [1.807, 2.05) is 0 Å². The molecule has 2 rings (SSSR count). The Morgan fingerprint density at radius 2 is 2.12 bits per heavy atom. The van der Waals surface area contributed by atoms with Gasteiger partial charge >= 0.3 is 0 Å². The average Bonchev–Trinajstić information content (AvgIpc) is 2.73. The maximum atomic E-state index is 6.22. The van der Waals surface area contributed by atoms with Gasteiger partial charge in [-0.15, -0.1) is 0 Å². The molecule has 3 unspecified atom stereocenters. The molecule has 2 aliphatic rings. The summed E-state index contributed by atoms with van der Waals surface area (Å²) in [5.74, 6) is 1.63. The van der Waals surface area contributed by atoms with Crippen LogP contribution >= 0.6 is 0 Å². The van der Waals surface area contributed by atoms with Gasteiger partial charge in [-0.25, -0.2) is 0 Å². The van der Waals surface area contributed by atoms with Crippen molar-refractivity contribution in [1.29, 1.82) is 0 Å². The smallest absolute Gasteiger partial charge is 0.0593 e. The Morgan fingerprint density at radius 1 is 1.24 bits per heavy atom. The van der Waals surface area contributed by atoms with E-state index >= 15 is 0 Å². The predicted octanol–water partition coefficient (Wildman–Crippen LogP) is 1.86. The SMILES string of the molecule is CCCCOCCN1CC2CCCC(N)C2C1. The molecule has 1 saturated carbocycles. The van der Waals surface area contributed by atoms with Crippen LogP contribution < -0.4 is 5.73 Å². The lowest BCUT2D eigenvalue weighted by molar-refractivity contribution is 0.107. The normalized spacial score (nSPS) is 33.9. The average molecular weight is 240 g/mol. The monoisotopic (exact) mass is 240 g/mol. The predicted molar refractivity (Wildman–Crippen MR) is 71.0 cm³/mol. The molecule has 3 atom stereocenters. The molecule has 1 saturated heterocycles. The van der Waals surface area contributed by atoms with E-state index in [1.54, 1.807) is 0 Å². The number of nitrogens with two attached hydrogens (primary N) is 1. The molecule has 17 heavy (non-hydrogen) atoms. The molecule has 0 aromatic carbocycles. The Hall–Kier alpha value is -0.120. The second-order valence-corrected chi connectivity index (χ2v) is 5.74. The highest BCUT2D eigenvalue weighted by atomic mass is 16.5. The van der Waals surface area contributed by atoms with Crippen molar-refractivity contribution < 1.29 is 4.74 Å². The highest BCUT2D eigenvalue weighted by Crippen LogP contribution is 2.35. The van der Waals surface area contributed by atoms with Gasteiger partial charge in [-0.1, -0.05) is 19.8 Å². The van der Waals surface area contributed by atoms with Gasteiger partial charge < -0.3 is 15.4 Å². The summed E-state index contributed by atoms with van der Waals surface area (Å²) in [5, 5.41) is 0. The summed E-state index contributed by atoms with van der Waals surface area (Å²) in [5.41, 5.74) is 6.22. The van der Waals surface area contributed by atoms with Crippen molar-refractivity contribution in [2.24, 2.45) is 17.6 Å². The molecule has 0 radical (unpaired) electrons. The first-order valence-corrected chi connectivity index (χ1v) is 7.37. The molecule has 0 amide bonds. The summed E-state index contributed by atoms with van der Waals surface area (Å²) in [4.78, 5) is 2.56. The van der Waals surface area contributed by atoms with Crippen LogP contribution in [0.3, 0.4) is 0 Å². The van der Waals surface area contributed by atoms with E-state index in [1.165, 1.54) is 45.2 Å². The minimum absolute atomic E-state index is 0.458. The lowest BCUT2D eigenvalue weighted by Crippen LogP contribution is -2.38. The molecule has 1 aliphatic heterocycles. The zero-order valence-corrected chi connectivity index (χ0v) is 11.2. The van der Waals surface area contributed by atoms with Crippen LogP contribution in [0, 0.1) is 11.8 Å². The Kier molecular flexibility index (Phi) is 5.26. The van der Waals surface area contributed by atoms with E-state index in [4.69, 9.17) is 10.5 Å². The van der Waals surface area contributed by atoms with Gasteiger partial charge in [-0.3, -0.25) is 0 Å². The molecule has 2 N–H and O–H groups in total. The minimum Gasteiger partial charge on any atom is -0.380 e. The maximum absolute atomic E-state index is 6.22. The van der Waals surface area contributed by atoms with Crippen LogP contribution in [0.2, 0.25) is 0 Å². The van der Waals surface area contributed by atoms with Crippen molar-refractivity contribution in [3.05, 3.63) is 0 Å². The number of likely N-dealkylation sites (tertiary alicyclic amines) is 1. The molecular formula is C14H28N2O. The maximum Gasteiger partial charge on any atom is 0.0593 e. The van der Waals surface area contributed by atoms with Gasteiger partial charge in [0, 0.05) is 32.3 Å². The van der Waals surface area contributed by atoms with Gasteiger partial charge in [0.25, 0.3) is 0 Å². The first-order chi connectivity index (χ1) is 8.31. The molecule has 3 heteroatoms. The van der Waals surface area contributed by atoms with Crippen molar-refractivity contribution in [3.8, 4) is 0 Å². The fraction of sp³-hybridized carbons (Fsp3) is 1.00. The molecule has 1 heterocycles. The largest absolute Gasteiger partial charge is 0.380 e. The first kappa shape index (κ1) is 13.3. The highest BCUT2D eigenvalue weighted by Gasteiger charge is 2.38. The first-order valence-electron chi connectivity index (χ1n) is 7.37. The minimum atomic E-state index is 0.458. The highest BCUT2D eigenvalue weighted by molar-refractivity contribution is 4.92. The van der Waals surface area contributed by atoms with Crippen LogP contribution in [0.1, 0.15) is 39.0 Å². The van der Waals surface area contributed by atoms with E-state index in [0.717, 1.165) is 31.6 Å². The standard InChI is InChI=1S/C14H28N2O/c1-2-3-8-17-9-7-16-10-12-5-4-6-14(15)13(12)11-16/h12-14H,2-11,15H2,1H3. The van der Waals surface area contributed by atoms with Crippen molar-refractivity contribution in [2.75, 3.05) is 32.8 Å². The van der Waals surface area contributed by atoms with Crippen molar-refractivity contribution in [2.45, 2.75) is 45.1 Å². The van der Waals surface area contributed by atoms with Gasteiger partial charge in [0.15, 0.2) is 0 Å². The fourth-order valence-corrected chi connectivity index (χ4v) is 3.33.